The third-order valence-corrected chi connectivity index (χ3v) is 6.68. The monoisotopic (exact) mass is 509 g/mol. The lowest BCUT2D eigenvalue weighted by Crippen LogP contribution is -2.48. The minimum Gasteiger partial charge on any atom is -0.493 e. The van der Waals surface area contributed by atoms with E-state index in [0.717, 1.165) is 36.0 Å². The quantitative estimate of drug-likeness (QED) is 0.338. The molecule has 2 aromatic carbocycles. The second kappa shape index (κ2) is 11.2. The van der Waals surface area contributed by atoms with E-state index in [4.69, 9.17) is 30.5 Å². The van der Waals surface area contributed by atoms with E-state index in [1.165, 1.54) is 0 Å². The summed E-state index contributed by atoms with van der Waals surface area (Å²) in [6.07, 6.45) is 8.03. The van der Waals surface area contributed by atoms with Crippen molar-refractivity contribution in [3.63, 3.8) is 0 Å². The molecule has 4 rings (SSSR count). The summed E-state index contributed by atoms with van der Waals surface area (Å²) in [5, 5.41) is 0.627. The predicted octanol–water partition coefficient (Wildman–Crippen LogP) is 6.19. The Kier molecular flexibility index (Phi) is 8.07. The van der Waals surface area contributed by atoms with Crippen LogP contribution in [0.15, 0.2) is 72.4 Å². The number of carbonyl (C=O) groups excluding carboxylic acids is 1. The Morgan fingerprint density at radius 2 is 1.83 bits per heavy atom. The van der Waals surface area contributed by atoms with Crippen LogP contribution in [0.25, 0.3) is 0 Å². The molecule has 1 unspecified atom stereocenters. The molecule has 0 saturated carbocycles. The zero-order valence-electron chi connectivity index (χ0n) is 21.0. The van der Waals surface area contributed by atoms with Crippen LogP contribution < -0.4 is 14.2 Å². The van der Waals surface area contributed by atoms with Crippen LogP contribution in [0.1, 0.15) is 37.3 Å². The number of amides is 1. The van der Waals surface area contributed by atoms with E-state index in [2.05, 4.69) is 19.6 Å². The largest absolute Gasteiger partial charge is 0.493 e. The average Bonchev–Trinajstić information content (AvgIpc) is 3.15. The molecule has 1 aliphatic heterocycles. The highest BCUT2D eigenvalue weighted by Gasteiger charge is 2.53. The first-order valence-electron chi connectivity index (χ1n) is 12.1. The normalized spacial score (nSPS) is 18.9. The topological polar surface area (TPSA) is 57.2 Å². The maximum absolute atomic E-state index is 13.6. The second-order valence-corrected chi connectivity index (χ2v) is 9.10. The van der Waals surface area contributed by atoms with E-state index in [-0.39, 0.29) is 12.5 Å². The first-order valence-corrected chi connectivity index (χ1v) is 12.5. The van der Waals surface area contributed by atoms with Crippen LogP contribution in [-0.2, 0) is 21.9 Å². The Hall–Kier alpha value is -3.22. The molecule has 1 aliphatic carbocycles. The van der Waals surface area contributed by atoms with Crippen molar-refractivity contribution in [2.45, 2.75) is 38.5 Å². The first-order chi connectivity index (χ1) is 17.5. The summed E-state index contributed by atoms with van der Waals surface area (Å²) in [5.41, 5.74) is 2.37. The van der Waals surface area contributed by atoms with E-state index in [1.807, 2.05) is 47.4 Å². The summed E-state index contributed by atoms with van der Waals surface area (Å²) >= 11 is 6.23. The third kappa shape index (κ3) is 4.63. The molecule has 2 aromatic rings. The number of nitrogens with zero attached hydrogens (tertiary/aromatic N) is 1. The molecule has 6 nitrogen and oxygen atoms in total. The molecule has 0 aromatic heterocycles. The zero-order chi connectivity index (χ0) is 25.7. The molecule has 0 bridgehead atoms. The van der Waals surface area contributed by atoms with Crippen LogP contribution in [0.4, 0.5) is 0 Å². The standard InChI is InChI=1S/C29H32ClNO5/c1-5-15-31-28(32)23-9-7-8-10-24(23)29(31,21-11-13-22(30)14-12-21)36-19-20-17-25(33-3)27(35-16-6-2)26(18-20)34-4/h6-7,9,11-14,17-18H,2,5,8,10,15-16,19H2,1,3-4H3. The summed E-state index contributed by atoms with van der Waals surface area (Å²) in [6.45, 7) is 6.86. The lowest BCUT2D eigenvalue weighted by atomic mass is 9.87. The Balaban J connectivity index is 1.79. The molecule has 0 spiro atoms. The maximum Gasteiger partial charge on any atom is 0.256 e. The van der Waals surface area contributed by atoms with Gasteiger partial charge in [-0.25, -0.2) is 0 Å². The van der Waals surface area contributed by atoms with Crippen molar-refractivity contribution in [2.75, 3.05) is 27.4 Å². The maximum atomic E-state index is 13.6. The fraction of sp³-hybridized carbons (Fsp3) is 0.345. The van der Waals surface area contributed by atoms with Gasteiger partial charge in [-0.1, -0.05) is 55.5 Å². The minimum absolute atomic E-state index is 0.0129. The minimum atomic E-state index is -1.03. The van der Waals surface area contributed by atoms with Crippen molar-refractivity contribution in [3.05, 3.63) is 88.5 Å². The molecule has 1 atom stereocenters. The smallest absolute Gasteiger partial charge is 0.256 e. The summed E-state index contributed by atoms with van der Waals surface area (Å²) in [6, 6.07) is 11.3. The fourth-order valence-electron chi connectivity index (χ4n) is 4.89. The molecule has 0 radical (unpaired) electrons. The molecule has 1 amide bonds. The van der Waals surface area contributed by atoms with Crippen molar-refractivity contribution >= 4 is 17.5 Å². The summed E-state index contributed by atoms with van der Waals surface area (Å²) in [4.78, 5) is 15.4. The van der Waals surface area contributed by atoms with Gasteiger partial charge >= 0.3 is 0 Å². The van der Waals surface area contributed by atoms with Crippen LogP contribution in [0.2, 0.25) is 5.02 Å². The Bertz CT molecular complexity index is 1160. The first kappa shape index (κ1) is 25.9. The zero-order valence-corrected chi connectivity index (χ0v) is 21.8. The highest BCUT2D eigenvalue weighted by atomic mass is 35.5. The number of ether oxygens (including phenoxy) is 4. The van der Waals surface area contributed by atoms with Crippen LogP contribution in [-0.4, -0.2) is 38.2 Å². The second-order valence-electron chi connectivity index (χ2n) is 8.66. The van der Waals surface area contributed by atoms with Gasteiger partial charge in [-0.3, -0.25) is 4.79 Å². The third-order valence-electron chi connectivity index (χ3n) is 6.43. The fourth-order valence-corrected chi connectivity index (χ4v) is 5.02. The number of benzene rings is 2. The lowest BCUT2D eigenvalue weighted by molar-refractivity contribution is -0.162. The molecule has 0 fully saturated rings. The number of halogens is 1. The number of hydrogen-bond acceptors (Lipinski definition) is 5. The van der Waals surface area contributed by atoms with Crippen LogP contribution in [0.5, 0.6) is 17.2 Å². The van der Waals surface area contributed by atoms with Crippen molar-refractivity contribution < 1.29 is 23.7 Å². The SMILES string of the molecule is C=CCOc1c(OC)cc(COC2(c3ccc(Cl)cc3)C3=C(C=CCC3)C(=O)N2CCC)cc1OC. The predicted molar refractivity (Wildman–Crippen MR) is 141 cm³/mol. The molecule has 0 N–H and O–H groups in total. The molecule has 1 heterocycles. The van der Waals surface area contributed by atoms with Gasteiger partial charge in [0.05, 0.1) is 20.8 Å². The number of carbonyl (C=O) groups is 1. The van der Waals surface area contributed by atoms with Crippen LogP contribution in [0.3, 0.4) is 0 Å². The molecule has 190 valence electrons. The molecular formula is C29H32ClNO5. The van der Waals surface area contributed by atoms with E-state index < -0.39 is 5.72 Å². The van der Waals surface area contributed by atoms with Gasteiger partial charge in [-0.05, 0) is 54.7 Å². The van der Waals surface area contributed by atoms with Gasteiger partial charge < -0.3 is 23.8 Å². The molecular weight excluding hydrogens is 478 g/mol. The average molecular weight is 510 g/mol. The highest BCUT2D eigenvalue weighted by molar-refractivity contribution is 6.30. The van der Waals surface area contributed by atoms with Gasteiger partial charge in [0, 0.05) is 22.7 Å². The Labute approximate surface area is 217 Å². The van der Waals surface area contributed by atoms with E-state index in [9.17, 15) is 4.79 Å². The number of allylic oxidation sites excluding steroid dienone is 1. The summed E-state index contributed by atoms with van der Waals surface area (Å²) in [7, 11) is 3.17. The summed E-state index contributed by atoms with van der Waals surface area (Å²) < 4.78 is 23.8. The van der Waals surface area contributed by atoms with Gasteiger partial charge in [-0.2, -0.15) is 0 Å². The van der Waals surface area contributed by atoms with Crippen molar-refractivity contribution in [2.24, 2.45) is 0 Å². The molecule has 2 aliphatic rings. The van der Waals surface area contributed by atoms with Gasteiger partial charge in [0.25, 0.3) is 5.91 Å². The van der Waals surface area contributed by atoms with Gasteiger partial charge in [-0.15, -0.1) is 0 Å². The lowest BCUT2D eigenvalue weighted by Gasteiger charge is -2.41. The molecule has 7 heteroatoms. The van der Waals surface area contributed by atoms with Crippen molar-refractivity contribution in [3.8, 4) is 17.2 Å². The molecule has 36 heavy (non-hydrogen) atoms. The Morgan fingerprint density at radius 1 is 1.14 bits per heavy atom. The van der Waals surface area contributed by atoms with Crippen molar-refractivity contribution in [1.29, 1.82) is 0 Å². The number of rotatable bonds is 11. The van der Waals surface area contributed by atoms with Crippen LogP contribution >= 0.6 is 11.6 Å². The number of methoxy groups -OCH3 is 2. The molecule has 0 saturated heterocycles. The van der Waals surface area contributed by atoms with Gasteiger partial charge in [0.1, 0.15) is 6.61 Å². The van der Waals surface area contributed by atoms with Crippen LogP contribution in [0, 0.1) is 0 Å². The van der Waals surface area contributed by atoms with E-state index in [1.54, 1.807) is 20.3 Å². The highest BCUT2D eigenvalue weighted by Crippen LogP contribution is 2.49. The van der Waals surface area contributed by atoms with E-state index >= 15 is 0 Å². The summed E-state index contributed by atoms with van der Waals surface area (Å²) in [5.74, 6) is 1.55. The van der Waals surface area contributed by atoms with E-state index in [0.29, 0.717) is 41.0 Å². The van der Waals surface area contributed by atoms with Gasteiger partial charge in [0.15, 0.2) is 17.2 Å². The van der Waals surface area contributed by atoms with Gasteiger partial charge in [0.2, 0.25) is 5.75 Å². The Morgan fingerprint density at radius 3 is 2.44 bits per heavy atom. The van der Waals surface area contributed by atoms with Crippen molar-refractivity contribution in [1.82, 2.24) is 4.90 Å². The number of hydrogen-bond donors (Lipinski definition) is 0.